The summed E-state index contributed by atoms with van der Waals surface area (Å²) in [7, 11) is 2.08. The smallest absolute Gasteiger partial charge is 0.157 e. The van der Waals surface area contributed by atoms with E-state index in [1.165, 1.54) is 0 Å². The first-order valence-electron chi connectivity index (χ1n) is 5.99. The second-order valence-electron chi connectivity index (χ2n) is 4.90. The molecule has 2 aromatic heterocycles. The fourth-order valence-corrected chi connectivity index (χ4v) is 2.43. The molecular weight excluding hydrogens is 214 g/mol. The van der Waals surface area contributed by atoms with Crippen LogP contribution in [0, 0.1) is 5.92 Å². The standard InChI is InChI=1S/C12H17N5/c1-16(8-9-6-10(13)7-9)11-3-5-17-12(15-11)2-4-14-17/h2-5,9-10H,6-8,13H2,1H3. The number of fused-ring (bicyclic) bond motifs is 1. The van der Waals surface area contributed by atoms with Gasteiger partial charge in [0.05, 0.1) is 6.20 Å². The highest BCUT2D eigenvalue weighted by Gasteiger charge is 2.27. The summed E-state index contributed by atoms with van der Waals surface area (Å²) < 4.78 is 1.77. The van der Waals surface area contributed by atoms with Gasteiger partial charge in [-0.05, 0) is 24.8 Å². The zero-order valence-corrected chi connectivity index (χ0v) is 9.95. The van der Waals surface area contributed by atoms with E-state index in [1.807, 2.05) is 18.3 Å². The molecule has 1 aliphatic rings. The maximum atomic E-state index is 5.80. The second kappa shape index (κ2) is 4.00. The van der Waals surface area contributed by atoms with Crippen LogP contribution in [0.2, 0.25) is 0 Å². The summed E-state index contributed by atoms with van der Waals surface area (Å²) in [6.45, 7) is 1.03. The van der Waals surface area contributed by atoms with E-state index in [1.54, 1.807) is 10.7 Å². The molecule has 2 N–H and O–H groups in total. The molecule has 5 heteroatoms. The maximum absolute atomic E-state index is 5.80. The van der Waals surface area contributed by atoms with Gasteiger partial charge in [-0.25, -0.2) is 9.50 Å². The van der Waals surface area contributed by atoms with Gasteiger partial charge in [-0.1, -0.05) is 0 Å². The Balaban J connectivity index is 1.73. The van der Waals surface area contributed by atoms with Crippen LogP contribution < -0.4 is 10.6 Å². The van der Waals surface area contributed by atoms with Crippen molar-refractivity contribution in [2.75, 3.05) is 18.5 Å². The molecule has 2 aromatic rings. The molecule has 0 spiro atoms. The van der Waals surface area contributed by atoms with Crippen LogP contribution in [0.1, 0.15) is 12.8 Å². The van der Waals surface area contributed by atoms with Crippen molar-refractivity contribution in [3.63, 3.8) is 0 Å². The van der Waals surface area contributed by atoms with E-state index in [-0.39, 0.29) is 0 Å². The molecule has 0 amide bonds. The predicted molar refractivity (Wildman–Crippen MR) is 67.0 cm³/mol. The fraction of sp³-hybridized carbons (Fsp3) is 0.500. The van der Waals surface area contributed by atoms with Gasteiger partial charge in [-0.2, -0.15) is 5.10 Å². The Morgan fingerprint density at radius 3 is 3.06 bits per heavy atom. The van der Waals surface area contributed by atoms with Crippen LogP contribution in [-0.4, -0.2) is 34.2 Å². The second-order valence-corrected chi connectivity index (χ2v) is 4.90. The highest BCUT2D eigenvalue weighted by Crippen LogP contribution is 2.27. The van der Waals surface area contributed by atoms with E-state index >= 15 is 0 Å². The highest BCUT2D eigenvalue weighted by atomic mass is 15.3. The zero-order chi connectivity index (χ0) is 11.8. The van der Waals surface area contributed by atoms with Gasteiger partial charge < -0.3 is 10.6 Å². The summed E-state index contributed by atoms with van der Waals surface area (Å²) in [5.74, 6) is 1.72. The molecule has 0 radical (unpaired) electrons. The van der Waals surface area contributed by atoms with Crippen LogP contribution in [0.25, 0.3) is 5.65 Å². The summed E-state index contributed by atoms with van der Waals surface area (Å²) in [6.07, 6.45) is 5.98. The molecule has 1 aliphatic carbocycles. The van der Waals surface area contributed by atoms with E-state index in [4.69, 9.17) is 5.73 Å². The van der Waals surface area contributed by atoms with Crippen molar-refractivity contribution in [2.24, 2.45) is 11.7 Å². The lowest BCUT2D eigenvalue weighted by molar-refractivity contribution is 0.270. The molecule has 0 unspecified atom stereocenters. The summed E-state index contributed by atoms with van der Waals surface area (Å²) >= 11 is 0. The molecule has 0 aromatic carbocycles. The Morgan fingerprint density at radius 2 is 2.29 bits per heavy atom. The minimum Gasteiger partial charge on any atom is -0.359 e. The van der Waals surface area contributed by atoms with E-state index in [0.29, 0.717) is 6.04 Å². The number of nitrogens with zero attached hydrogens (tertiary/aromatic N) is 4. The number of aromatic nitrogens is 3. The molecule has 1 saturated carbocycles. The Kier molecular flexibility index (Phi) is 2.48. The molecule has 17 heavy (non-hydrogen) atoms. The van der Waals surface area contributed by atoms with Gasteiger partial charge >= 0.3 is 0 Å². The van der Waals surface area contributed by atoms with Crippen molar-refractivity contribution in [3.05, 3.63) is 24.5 Å². The Morgan fingerprint density at radius 1 is 1.47 bits per heavy atom. The molecule has 5 nitrogen and oxygen atoms in total. The third kappa shape index (κ3) is 1.98. The lowest BCUT2D eigenvalue weighted by atomic mass is 9.81. The van der Waals surface area contributed by atoms with Gasteiger partial charge in [-0.15, -0.1) is 0 Å². The van der Waals surface area contributed by atoms with Crippen LogP contribution in [0.3, 0.4) is 0 Å². The van der Waals surface area contributed by atoms with Crippen LogP contribution >= 0.6 is 0 Å². The average Bonchev–Trinajstić information content (AvgIpc) is 2.73. The minimum absolute atomic E-state index is 0.415. The summed E-state index contributed by atoms with van der Waals surface area (Å²) in [4.78, 5) is 6.76. The highest BCUT2D eigenvalue weighted by molar-refractivity contribution is 5.46. The molecule has 0 aliphatic heterocycles. The number of rotatable bonds is 3. The lowest BCUT2D eigenvalue weighted by Gasteiger charge is -2.35. The van der Waals surface area contributed by atoms with Crippen molar-refractivity contribution < 1.29 is 0 Å². The Hall–Kier alpha value is -1.62. The van der Waals surface area contributed by atoms with Crippen molar-refractivity contribution >= 4 is 11.5 Å². The zero-order valence-electron chi connectivity index (χ0n) is 9.95. The van der Waals surface area contributed by atoms with Crippen molar-refractivity contribution in [3.8, 4) is 0 Å². The third-order valence-electron chi connectivity index (χ3n) is 3.44. The predicted octanol–water partition coefficient (Wildman–Crippen LogP) is 0.903. The third-order valence-corrected chi connectivity index (χ3v) is 3.44. The van der Waals surface area contributed by atoms with Crippen molar-refractivity contribution in [2.45, 2.75) is 18.9 Å². The minimum atomic E-state index is 0.415. The number of nitrogens with two attached hydrogens (primary N) is 1. The molecular formula is C12H17N5. The van der Waals surface area contributed by atoms with Gasteiger partial charge in [0.15, 0.2) is 5.65 Å². The van der Waals surface area contributed by atoms with E-state index in [0.717, 1.165) is 36.8 Å². The normalized spacial score (nSPS) is 23.6. The summed E-state index contributed by atoms with van der Waals surface area (Å²) in [5.41, 5.74) is 6.69. The topological polar surface area (TPSA) is 59.5 Å². The van der Waals surface area contributed by atoms with Crippen molar-refractivity contribution in [1.29, 1.82) is 0 Å². The lowest BCUT2D eigenvalue weighted by Crippen LogP contribution is -2.42. The first-order chi connectivity index (χ1) is 8.22. The summed E-state index contributed by atoms with van der Waals surface area (Å²) in [6, 6.07) is 4.33. The molecule has 90 valence electrons. The Bertz CT molecular complexity index is 514. The quantitative estimate of drug-likeness (QED) is 0.852. The van der Waals surface area contributed by atoms with Gasteiger partial charge in [0.2, 0.25) is 0 Å². The monoisotopic (exact) mass is 231 g/mol. The van der Waals surface area contributed by atoms with Crippen LogP contribution in [0.4, 0.5) is 5.82 Å². The Labute approximate surface area is 100 Å². The van der Waals surface area contributed by atoms with Crippen molar-refractivity contribution in [1.82, 2.24) is 14.6 Å². The maximum Gasteiger partial charge on any atom is 0.157 e. The molecule has 0 saturated heterocycles. The van der Waals surface area contributed by atoms with E-state index < -0.39 is 0 Å². The van der Waals surface area contributed by atoms with Crippen LogP contribution in [0.5, 0.6) is 0 Å². The van der Waals surface area contributed by atoms with E-state index in [9.17, 15) is 0 Å². The first kappa shape index (κ1) is 10.5. The fourth-order valence-electron chi connectivity index (χ4n) is 2.43. The molecule has 2 heterocycles. The molecule has 0 bridgehead atoms. The molecule has 1 fully saturated rings. The molecule has 3 rings (SSSR count). The SMILES string of the molecule is CN(CC1CC(N)C1)c1ccn2nccc2n1. The number of hydrogen-bond acceptors (Lipinski definition) is 4. The van der Waals surface area contributed by atoms with Crippen LogP contribution in [0.15, 0.2) is 24.5 Å². The van der Waals surface area contributed by atoms with Gasteiger partial charge in [0.1, 0.15) is 5.82 Å². The van der Waals surface area contributed by atoms with Gasteiger partial charge in [-0.3, -0.25) is 0 Å². The first-order valence-corrected chi connectivity index (χ1v) is 5.99. The van der Waals surface area contributed by atoms with E-state index in [2.05, 4.69) is 22.0 Å². The average molecular weight is 231 g/mol. The summed E-state index contributed by atoms with van der Waals surface area (Å²) in [5, 5.41) is 4.14. The van der Waals surface area contributed by atoms with Gasteiger partial charge in [0.25, 0.3) is 0 Å². The molecule has 0 atom stereocenters. The van der Waals surface area contributed by atoms with Crippen LogP contribution in [-0.2, 0) is 0 Å². The largest absolute Gasteiger partial charge is 0.359 e. The number of anilines is 1. The number of hydrogen-bond donors (Lipinski definition) is 1. The van der Waals surface area contributed by atoms with Gasteiger partial charge in [0, 0.05) is 31.9 Å².